The number of aryl methyl sites for hydroxylation is 1. The average molecular weight is 220 g/mol. The number of fused-ring (bicyclic) bond motifs is 1. The van der Waals surface area contributed by atoms with Gasteiger partial charge in [-0.25, -0.2) is 5.43 Å². The fourth-order valence-corrected chi connectivity index (χ4v) is 2.35. The summed E-state index contributed by atoms with van der Waals surface area (Å²) in [5.74, 6) is 0.950. The van der Waals surface area contributed by atoms with E-state index in [1.165, 1.54) is 30.4 Å². The zero-order valence-corrected chi connectivity index (χ0v) is 10.3. The highest BCUT2D eigenvalue weighted by atomic mass is 16.5. The SMILES string of the molecule is COc1ccc2c(c1)C(NN(C)C)CCC2. The first kappa shape index (κ1) is 11.4. The topological polar surface area (TPSA) is 24.5 Å². The molecule has 0 amide bonds. The summed E-state index contributed by atoms with van der Waals surface area (Å²) in [5, 5.41) is 2.03. The molecule has 1 unspecified atom stereocenters. The molecule has 0 saturated heterocycles. The van der Waals surface area contributed by atoms with Crippen LogP contribution in [0.25, 0.3) is 0 Å². The van der Waals surface area contributed by atoms with E-state index in [2.05, 4.69) is 23.6 Å². The van der Waals surface area contributed by atoms with Gasteiger partial charge in [0.1, 0.15) is 5.75 Å². The van der Waals surface area contributed by atoms with E-state index in [4.69, 9.17) is 4.74 Å². The molecule has 0 bridgehead atoms. The van der Waals surface area contributed by atoms with Gasteiger partial charge in [-0.1, -0.05) is 6.07 Å². The molecule has 0 aliphatic heterocycles. The van der Waals surface area contributed by atoms with Crippen LogP contribution in [-0.2, 0) is 6.42 Å². The highest BCUT2D eigenvalue weighted by Crippen LogP contribution is 2.32. The molecule has 1 aromatic carbocycles. The third-order valence-corrected chi connectivity index (χ3v) is 3.08. The molecule has 0 heterocycles. The highest BCUT2D eigenvalue weighted by Gasteiger charge is 2.20. The molecule has 1 atom stereocenters. The lowest BCUT2D eigenvalue weighted by molar-refractivity contribution is 0.228. The smallest absolute Gasteiger partial charge is 0.119 e. The standard InChI is InChI=1S/C13H20N2O/c1-15(2)14-13-6-4-5-10-7-8-11(16-3)9-12(10)13/h7-9,13-14H,4-6H2,1-3H3. The minimum Gasteiger partial charge on any atom is -0.497 e. The van der Waals surface area contributed by atoms with E-state index in [-0.39, 0.29) is 0 Å². The molecule has 3 nitrogen and oxygen atoms in total. The van der Waals surface area contributed by atoms with Crippen molar-refractivity contribution in [2.45, 2.75) is 25.3 Å². The maximum atomic E-state index is 5.29. The minimum absolute atomic E-state index is 0.425. The molecule has 0 fully saturated rings. The van der Waals surface area contributed by atoms with E-state index in [0.29, 0.717) is 6.04 Å². The molecule has 0 aromatic heterocycles. The van der Waals surface area contributed by atoms with Crippen LogP contribution in [0.4, 0.5) is 0 Å². The Morgan fingerprint density at radius 2 is 2.19 bits per heavy atom. The summed E-state index contributed by atoms with van der Waals surface area (Å²) in [5.41, 5.74) is 6.31. The monoisotopic (exact) mass is 220 g/mol. The fraction of sp³-hybridized carbons (Fsp3) is 0.538. The summed E-state index contributed by atoms with van der Waals surface area (Å²) in [7, 11) is 5.79. The van der Waals surface area contributed by atoms with Gasteiger partial charge in [0.2, 0.25) is 0 Å². The van der Waals surface area contributed by atoms with Crippen molar-refractivity contribution in [3.8, 4) is 5.75 Å². The zero-order valence-electron chi connectivity index (χ0n) is 10.3. The molecule has 3 heteroatoms. The second kappa shape index (κ2) is 4.85. The summed E-state index contributed by atoms with van der Waals surface area (Å²) in [6.45, 7) is 0. The van der Waals surface area contributed by atoms with Crippen molar-refractivity contribution in [2.24, 2.45) is 0 Å². The first-order valence-corrected chi connectivity index (χ1v) is 5.81. The molecule has 16 heavy (non-hydrogen) atoms. The van der Waals surface area contributed by atoms with Crippen LogP contribution in [0.3, 0.4) is 0 Å². The van der Waals surface area contributed by atoms with E-state index in [0.717, 1.165) is 5.75 Å². The van der Waals surface area contributed by atoms with Gasteiger partial charge >= 0.3 is 0 Å². The quantitative estimate of drug-likeness (QED) is 0.790. The maximum absolute atomic E-state index is 5.29. The Hall–Kier alpha value is -1.06. The van der Waals surface area contributed by atoms with Crippen LogP contribution < -0.4 is 10.2 Å². The lowest BCUT2D eigenvalue weighted by Gasteiger charge is -2.29. The normalized spacial score (nSPS) is 19.6. The predicted molar refractivity (Wildman–Crippen MR) is 65.5 cm³/mol. The van der Waals surface area contributed by atoms with E-state index in [1.807, 2.05) is 19.1 Å². The van der Waals surface area contributed by atoms with Crippen LogP contribution >= 0.6 is 0 Å². The van der Waals surface area contributed by atoms with Crippen molar-refractivity contribution in [3.63, 3.8) is 0 Å². The highest BCUT2D eigenvalue weighted by molar-refractivity contribution is 5.39. The number of hydrogen-bond acceptors (Lipinski definition) is 3. The Morgan fingerprint density at radius 3 is 2.88 bits per heavy atom. The van der Waals surface area contributed by atoms with Gasteiger partial charge in [0.15, 0.2) is 0 Å². The van der Waals surface area contributed by atoms with Crippen LogP contribution in [0, 0.1) is 0 Å². The van der Waals surface area contributed by atoms with Gasteiger partial charge in [-0.2, -0.15) is 0 Å². The van der Waals surface area contributed by atoms with Gasteiger partial charge in [0.05, 0.1) is 7.11 Å². The zero-order chi connectivity index (χ0) is 11.5. The maximum Gasteiger partial charge on any atom is 0.119 e. The Morgan fingerprint density at radius 1 is 1.38 bits per heavy atom. The van der Waals surface area contributed by atoms with Crippen molar-refractivity contribution in [2.75, 3.05) is 21.2 Å². The second-order valence-corrected chi connectivity index (χ2v) is 4.53. The van der Waals surface area contributed by atoms with E-state index >= 15 is 0 Å². The summed E-state index contributed by atoms with van der Waals surface area (Å²) >= 11 is 0. The van der Waals surface area contributed by atoms with Crippen molar-refractivity contribution in [1.29, 1.82) is 0 Å². The Bertz CT molecular complexity index is 363. The largest absolute Gasteiger partial charge is 0.497 e. The van der Waals surface area contributed by atoms with Crippen LogP contribution in [-0.4, -0.2) is 26.2 Å². The fourth-order valence-electron chi connectivity index (χ4n) is 2.35. The predicted octanol–water partition coefficient (Wildman–Crippen LogP) is 2.14. The molecule has 1 aliphatic rings. The van der Waals surface area contributed by atoms with Crippen molar-refractivity contribution in [1.82, 2.24) is 10.4 Å². The third kappa shape index (κ3) is 2.36. The number of rotatable bonds is 3. The van der Waals surface area contributed by atoms with Crippen LogP contribution in [0.1, 0.15) is 30.0 Å². The lowest BCUT2D eigenvalue weighted by atomic mass is 9.88. The van der Waals surface area contributed by atoms with Gasteiger partial charge in [-0.3, -0.25) is 5.01 Å². The molecule has 2 rings (SSSR count). The number of benzene rings is 1. The van der Waals surface area contributed by atoms with Gasteiger partial charge in [0.25, 0.3) is 0 Å². The Kier molecular flexibility index (Phi) is 3.46. The van der Waals surface area contributed by atoms with Crippen LogP contribution in [0.5, 0.6) is 5.75 Å². The molecule has 0 saturated carbocycles. The van der Waals surface area contributed by atoms with E-state index < -0.39 is 0 Å². The van der Waals surface area contributed by atoms with Gasteiger partial charge in [-0.05, 0) is 42.5 Å². The average Bonchev–Trinajstić information content (AvgIpc) is 2.28. The van der Waals surface area contributed by atoms with E-state index in [9.17, 15) is 0 Å². The van der Waals surface area contributed by atoms with Crippen molar-refractivity contribution in [3.05, 3.63) is 29.3 Å². The van der Waals surface area contributed by atoms with Gasteiger partial charge in [-0.15, -0.1) is 0 Å². The molecule has 1 N–H and O–H groups in total. The number of hydrogen-bond donors (Lipinski definition) is 1. The van der Waals surface area contributed by atoms with Gasteiger partial charge in [0, 0.05) is 20.1 Å². The molecular formula is C13H20N2O. The summed E-state index contributed by atoms with van der Waals surface area (Å²) in [6.07, 6.45) is 3.63. The lowest BCUT2D eigenvalue weighted by Crippen LogP contribution is -2.35. The first-order valence-electron chi connectivity index (χ1n) is 5.81. The Labute approximate surface area is 97.4 Å². The summed E-state index contributed by atoms with van der Waals surface area (Å²) in [4.78, 5) is 0. The number of ether oxygens (including phenoxy) is 1. The van der Waals surface area contributed by atoms with Crippen molar-refractivity contribution < 1.29 is 4.74 Å². The number of hydrazine groups is 1. The summed E-state index contributed by atoms with van der Waals surface area (Å²) < 4.78 is 5.29. The van der Waals surface area contributed by atoms with Crippen LogP contribution in [0.2, 0.25) is 0 Å². The molecule has 0 radical (unpaired) electrons. The number of nitrogens with one attached hydrogen (secondary N) is 1. The number of nitrogens with zero attached hydrogens (tertiary/aromatic N) is 1. The summed E-state index contributed by atoms with van der Waals surface area (Å²) in [6, 6.07) is 6.83. The van der Waals surface area contributed by atoms with Gasteiger partial charge < -0.3 is 4.74 Å². The van der Waals surface area contributed by atoms with E-state index in [1.54, 1.807) is 7.11 Å². The first-order chi connectivity index (χ1) is 7.70. The third-order valence-electron chi connectivity index (χ3n) is 3.08. The molecule has 0 spiro atoms. The minimum atomic E-state index is 0.425. The molecular weight excluding hydrogens is 200 g/mol. The molecule has 1 aliphatic carbocycles. The molecule has 1 aromatic rings. The second-order valence-electron chi connectivity index (χ2n) is 4.53. The van der Waals surface area contributed by atoms with Crippen molar-refractivity contribution >= 4 is 0 Å². The Balaban J connectivity index is 2.28. The molecule has 88 valence electrons. The number of methoxy groups -OCH3 is 1. The van der Waals surface area contributed by atoms with Crippen LogP contribution in [0.15, 0.2) is 18.2 Å².